The highest BCUT2D eigenvalue weighted by Crippen LogP contribution is 2.28. The summed E-state index contributed by atoms with van der Waals surface area (Å²) in [6.07, 6.45) is 1.58. The van der Waals surface area contributed by atoms with Gasteiger partial charge in [-0.2, -0.15) is 0 Å². The Bertz CT molecular complexity index is 827. The van der Waals surface area contributed by atoms with E-state index < -0.39 is 0 Å². The number of pyridine rings is 1. The standard InChI is InChI=1S/C15H10ClFN2OS/c1-8-4-5-18-14(16)13(8)19-15(20)12-6-9-2-3-10(17)7-11(9)21-12/h2-7H,1H3,(H,19,20). The summed E-state index contributed by atoms with van der Waals surface area (Å²) < 4.78 is 13.9. The molecule has 1 amide bonds. The number of nitrogens with zero attached hydrogens (tertiary/aromatic N) is 1. The number of thiophene rings is 1. The van der Waals surface area contributed by atoms with E-state index in [9.17, 15) is 9.18 Å². The molecule has 0 saturated heterocycles. The zero-order chi connectivity index (χ0) is 15.0. The lowest BCUT2D eigenvalue weighted by atomic mass is 10.2. The summed E-state index contributed by atoms with van der Waals surface area (Å²) in [7, 11) is 0. The van der Waals surface area contributed by atoms with Crippen LogP contribution in [0.2, 0.25) is 5.15 Å². The first-order valence-electron chi connectivity index (χ1n) is 6.16. The van der Waals surface area contributed by atoms with Crippen LogP contribution in [0.1, 0.15) is 15.2 Å². The molecule has 0 unspecified atom stereocenters. The Labute approximate surface area is 129 Å². The van der Waals surface area contributed by atoms with Crippen molar-refractivity contribution in [2.24, 2.45) is 0 Å². The van der Waals surface area contributed by atoms with Crippen molar-refractivity contribution in [3.05, 3.63) is 57.9 Å². The van der Waals surface area contributed by atoms with E-state index in [4.69, 9.17) is 11.6 Å². The van der Waals surface area contributed by atoms with E-state index in [1.807, 2.05) is 6.92 Å². The van der Waals surface area contributed by atoms with Gasteiger partial charge in [-0.3, -0.25) is 4.79 Å². The number of hydrogen-bond acceptors (Lipinski definition) is 3. The van der Waals surface area contributed by atoms with Gasteiger partial charge in [-0.1, -0.05) is 17.7 Å². The van der Waals surface area contributed by atoms with Crippen molar-refractivity contribution >= 4 is 44.6 Å². The summed E-state index contributed by atoms with van der Waals surface area (Å²) in [5, 5.41) is 3.83. The molecule has 21 heavy (non-hydrogen) atoms. The molecule has 0 bridgehead atoms. The highest BCUT2D eigenvalue weighted by atomic mass is 35.5. The van der Waals surface area contributed by atoms with Crippen molar-refractivity contribution in [3.63, 3.8) is 0 Å². The van der Waals surface area contributed by atoms with Crippen LogP contribution in [0.15, 0.2) is 36.5 Å². The molecule has 0 radical (unpaired) electrons. The van der Waals surface area contributed by atoms with Gasteiger partial charge in [-0.05, 0) is 42.1 Å². The van der Waals surface area contributed by atoms with Crippen molar-refractivity contribution in [1.29, 1.82) is 0 Å². The molecule has 2 aromatic heterocycles. The zero-order valence-corrected chi connectivity index (χ0v) is 12.6. The third kappa shape index (κ3) is 2.75. The highest BCUT2D eigenvalue weighted by molar-refractivity contribution is 7.20. The first-order chi connectivity index (χ1) is 10.0. The van der Waals surface area contributed by atoms with Crippen molar-refractivity contribution in [1.82, 2.24) is 4.98 Å². The second kappa shape index (κ2) is 5.42. The molecule has 106 valence electrons. The Morgan fingerprint density at radius 3 is 2.90 bits per heavy atom. The average Bonchev–Trinajstić information content (AvgIpc) is 2.86. The maximum atomic E-state index is 13.2. The third-order valence-corrected chi connectivity index (χ3v) is 4.44. The number of aromatic nitrogens is 1. The Hall–Kier alpha value is -1.98. The topological polar surface area (TPSA) is 42.0 Å². The van der Waals surface area contributed by atoms with Crippen LogP contribution in [0.4, 0.5) is 10.1 Å². The molecule has 6 heteroatoms. The minimum atomic E-state index is -0.317. The molecule has 3 rings (SSSR count). The quantitative estimate of drug-likeness (QED) is 0.698. The number of fused-ring (bicyclic) bond motifs is 1. The van der Waals surface area contributed by atoms with Crippen LogP contribution in [-0.4, -0.2) is 10.9 Å². The molecular formula is C15H10ClFN2OS. The van der Waals surface area contributed by atoms with E-state index in [0.29, 0.717) is 10.6 Å². The summed E-state index contributed by atoms with van der Waals surface area (Å²) in [6, 6.07) is 7.94. The molecule has 0 aliphatic rings. The van der Waals surface area contributed by atoms with Crippen LogP contribution in [-0.2, 0) is 0 Å². The van der Waals surface area contributed by atoms with Crippen molar-refractivity contribution in [3.8, 4) is 0 Å². The van der Waals surface area contributed by atoms with Gasteiger partial charge in [0.15, 0.2) is 5.15 Å². The van der Waals surface area contributed by atoms with Gasteiger partial charge in [0.1, 0.15) is 5.82 Å². The summed E-state index contributed by atoms with van der Waals surface area (Å²) in [6.45, 7) is 1.84. The lowest BCUT2D eigenvalue weighted by Crippen LogP contribution is -2.11. The molecule has 1 N–H and O–H groups in total. The third-order valence-electron chi connectivity index (χ3n) is 3.06. The Balaban J connectivity index is 1.94. The van der Waals surface area contributed by atoms with Gasteiger partial charge in [0, 0.05) is 10.9 Å². The van der Waals surface area contributed by atoms with E-state index in [2.05, 4.69) is 10.3 Å². The number of benzene rings is 1. The largest absolute Gasteiger partial charge is 0.318 e. The lowest BCUT2D eigenvalue weighted by molar-refractivity contribution is 0.103. The average molecular weight is 321 g/mol. The molecule has 0 fully saturated rings. The number of hydrogen-bond donors (Lipinski definition) is 1. The lowest BCUT2D eigenvalue weighted by Gasteiger charge is -2.08. The van der Waals surface area contributed by atoms with E-state index in [1.54, 1.807) is 24.4 Å². The molecule has 0 atom stereocenters. The molecule has 1 aromatic carbocycles. The van der Waals surface area contributed by atoms with E-state index in [0.717, 1.165) is 15.6 Å². The second-order valence-electron chi connectivity index (χ2n) is 4.54. The molecular weight excluding hydrogens is 311 g/mol. The maximum Gasteiger partial charge on any atom is 0.265 e. The van der Waals surface area contributed by atoms with Gasteiger partial charge in [0.2, 0.25) is 0 Å². The van der Waals surface area contributed by atoms with Crippen LogP contribution in [0.3, 0.4) is 0 Å². The fraction of sp³-hybridized carbons (Fsp3) is 0.0667. The van der Waals surface area contributed by atoms with Gasteiger partial charge in [0.05, 0.1) is 10.6 Å². The molecule has 0 aliphatic carbocycles. The summed E-state index contributed by atoms with van der Waals surface area (Å²) in [5.74, 6) is -0.600. The highest BCUT2D eigenvalue weighted by Gasteiger charge is 2.14. The predicted molar refractivity (Wildman–Crippen MR) is 83.7 cm³/mol. The van der Waals surface area contributed by atoms with Crippen molar-refractivity contribution in [2.45, 2.75) is 6.92 Å². The maximum absolute atomic E-state index is 13.2. The normalized spacial score (nSPS) is 10.8. The molecule has 3 aromatic rings. The number of rotatable bonds is 2. The summed E-state index contributed by atoms with van der Waals surface area (Å²) >= 11 is 7.22. The van der Waals surface area contributed by atoms with Gasteiger partial charge in [0.25, 0.3) is 5.91 Å². The summed E-state index contributed by atoms with van der Waals surface area (Å²) in [5.41, 5.74) is 1.32. The SMILES string of the molecule is Cc1ccnc(Cl)c1NC(=O)c1cc2ccc(F)cc2s1. The number of halogens is 2. The fourth-order valence-corrected chi connectivity index (χ4v) is 3.20. The molecule has 0 aliphatic heterocycles. The Kier molecular flexibility index (Phi) is 3.61. The van der Waals surface area contributed by atoms with E-state index in [-0.39, 0.29) is 16.9 Å². The minimum Gasteiger partial charge on any atom is -0.318 e. The predicted octanol–water partition coefficient (Wildman–Crippen LogP) is 4.65. The van der Waals surface area contributed by atoms with Gasteiger partial charge in [-0.15, -0.1) is 11.3 Å². The minimum absolute atomic E-state index is 0.246. The first kappa shape index (κ1) is 14.0. The van der Waals surface area contributed by atoms with Crippen molar-refractivity contribution < 1.29 is 9.18 Å². The van der Waals surface area contributed by atoms with Crippen LogP contribution in [0, 0.1) is 12.7 Å². The molecule has 0 saturated carbocycles. The first-order valence-corrected chi connectivity index (χ1v) is 7.35. The zero-order valence-electron chi connectivity index (χ0n) is 11.0. The van der Waals surface area contributed by atoms with E-state index in [1.165, 1.54) is 23.5 Å². The second-order valence-corrected chi connectivity index (χ2v) is 5.98. The van der Waals surface area contributed by atoms with E-state index >= 15 is 0 Å². The smallest absolute Gasteiger partial charge is 0.265 e. The van der Waals surface area contributed by atoms with Gasteiger partial charge < -0.3 is 5.32 Å². The number of nitrogens with one attached hydrogen (secondary N) is 1. The van der Waals surface area contributed by atoms with Crippen LogP contribution >= 0.6 is 22.9 Å². The number of carbonyl (C=O) groups is 1. The van der Waals surface area contributed by atoms with Crippen LogP contribution in [0.25, 0.3) is 10.1 Å². The Morgan fingerprint density at radius 2 is 2.14 bits per heavy atom. The molecule has 2 heterocycles. The number of anilines is 1. The van der Waals surface area contributed by atoms with Crippen LogP contribution < -0.4 is 5.32 Å². The number of carbonyl (C=O) groups excluding carboxylic acids is 1. The van der Waals surface area contributed by atoms with Gasteiger partial charge >= 0.3 is 0 Å². The number of aryl methyl sites for hydroxylation is 1. The fourth-order valence-electron chi connectivity index (χ4n) is 1.97. The van der Waals surface area contributed by atoms with Gasteiger partial charge in [-0.25, -0.2) is 9.37 Å². The monoisotopic (exact) mass is 320 g/mol. The van der Waals surface area contributed by atoms with Crippen molar-refractivity contribution in [2.75, 3.05) is 5.32 Å². The Morgan fingerprint density at radius 1 is 1.33 bits per heavy atom. The molecule has 3 nitrogen and oxygen atoms in total. The van der Waals surface area contributed by atoms with Crippen LogP contribution in [0.5, 0.6) is 0 Å². The summed E-state index contributed by atoms with van der Waals surface area (Å²) in [4.78, 5) is 16.7. The molecule has 0 spiro atoms. The number of amides is 1.